The molecule has 2 nitrogen and oxygen atoms in total. The first-order valence-corrected chi connectivity index (χ1v) is 11.2. The molecule has 7 rings (SSSR count). The van der Waals surface area contributed by atoms with Gasteiger partial charge in [0.2, 0.25) is 0 Å². The maximum absolute atomic E-state index is 4.63. The summed E-state index contributed by atoms with van der Waals surface area (Å²) in [7, 11) is 0. The fourth-order valence-electron chi connectivity index (χ4n) is 5.73. The molecule has 0 saturated heterocycles. The number of imidazole rings is 1. The molecular weight excluding hydrogens is 388 g/mol. The smallest absolute Gasteiger partial charge is 0.145 e. The molecule has 6 aromatic rings. The summed E-state index contributed by atoms with van der Waals surface area (Å²) in [4.78, 5) is 4.63. The lowest BCUT2D eigenvalue weighted by Crippen LogP contribution is -2.14. The maximum atomic E-state index is 4.63. The number of nitrogens with zero attached hydrogens (tertiary/aromatic N) is 2. The topological polar surface area (TPSA) is 17.3 Å². The highest BCUT2D eigenvalue weighted by Gasteiger charge is 2.36. The summed E-state index contributed by atoms with van der Waals surface area (Å²) in [6, 6.07) is 31.1. The molecule has 0 atom stereocenters. The molecule has 1 aliphatic carbocycles. The number of hydrogen-bond acceptors (Lipinski definition) is 1. The van der Waals surface area contributed by atoms with E-state index < -0.39 is 0 Å². The van der Waals surface area contributed by atoms with Gasteiger partial charge < -0.3 is 0 Å². The van der Waals surface area contributed by atoms with Crippen LogP contribution in [0.15, 0.2) is 97.3 Å². The van der Waals surface area contributed by atoms with E-state index in [0.29, 0.717) is 0 Å². The van der Waals surface area contributed by atoms with E-state index in [2.05, 4.69) is 114 Å². The Kier molecular flexibility index (Phi) is 3.37. The minimum atomic E-state index is 0.00839. The van der Waals surface area contributed by atoms with E-state index in [-0.39, 0.29) is 5.41 Å². The summed E-state index contributed by atoms with van der Waals surface area (Å²) < 4.78 is 2.20. The largest absolute Gasteiger partial charge is 0.299 e. The van der Waals surface area contributed by atoms with E-state index in [0.717, 1.165) is 5.65 Å². The molecule has 0 aliphatic heterocycles. The summed E-state index contributed by atoms with van der Waals surface area (Å²) in [5.41, 5.74) is 10.3. The van der Waals surface area contributed by atoms with Crippen LogP contribution >= 0.6 is 0 Å². The molecule has 0 unspecified atom stereocenters. The third kappa shape index (κ3) is 2.17. The molecule has 0 fully saturated rings. The van der Waals surface area contributed by atoms with Gasteiger partial charge in [-0.3, -0.25) is 4.40 Å². The van der Waals surface area contributed by atoms with Crippen molar-refractivity contribution < 1.29 is 0 Å². The molecule has 0 radical (unpaired) electrons. The predicted octanol–water partition coefficient (Wildman–Crippen LogP) is 7.61. The van der Waals surface area contributed by atoms with Crippen LogP contribution in [-0.4, -0.2) is 9.38 Å². The van der Waals surface area contributed by atoms with Gasteiger partial charge in [0.15, 0.2) is 0 Å². The summed E-state index contributed by atoms with van der Waals surface area (Å²) in [5.74, 6) is 0. The number of hydrogen-bond donors (Lipinski definition) is 0. The summed E-state index contributed by atoms with van der Waals surface area (Å²) in [5, 5.41) is 3.69. The van der Waals surface area contributed by atoms with Gasteiger partial charge in [-0.05, 0) is 50.9 Å². The molecular formula is C30H22N2. The first-order valence-electron chi connectivity index (χ1n) is 11.2. The van der Waals surface area contributed by atoms with Crippen molar-refractivity contribution in [1.82, 2.24) is 9.38 Å². The Labute approximate surface area is 186 Å². The minimum absolute atomic E-state index is 0.00839. The van der Waals surface area contributed by atoms with E-state index in [9.17, 15) is 0 Å². The van der Waals surface area contributed by atoms with E-state index in [1.165, 1.54) is 55.1 Å². The zero-order valence-corrected chi connectivity index (χ0v) is 18.1. The van der Waals surface area contributed by atoms with Gasteiger partial charge in [-0.25, -0.2) is 4.98 Å². The van der Waals surface area contributed by atoms with Gasteiger partial charge >= 0.3 is 0 Å². The number of pyridine rings is 1. The van der Waals surface area contributed by atoms with Crippen LogP contribution in [0.3, 0.4) is 0 Å². The van der Waals surface area contributed by atoms with Gasteiger partial charge in [0.1, 0.15) is 5.65 Å². The SMILES string of the molecule is CC1(C)c2ccccc2-c2c(-c3ccc4c(c3)c3ccccc3c3nccn43)cccc21. The van der Waals surface area contributed by atoms with Crippen LogP contribution in [0.25, 0.3) is 49.6 Å². The van der Waals surface area contributed by atoms with E-state index in [4.69, 9.17) is 0 Å². The van der Waals surface area contributed by atoms with Gasteiger partial charge in [0.25, 0.3) is 0 Å². The van der Waals surface area contributed by atoms with Crippen molar-refractivity contribution in [3.63, 3.8) is 0 Å². The van der Waals surface area contributed by atoms with Gasteiger partial charge in [0.05, 0.1) is 5.52 Å². The second-order valence-corrected chi connectivity index (χ2v) is 9.30. The summed E-state index contributed by atoms with van der Waals surface area (Å²) in [6.45, 7) is 4.68. The van der Waals surface area contributed by atoms with Gasteiger partial charge in [0, 0.05) is 28.6 Å². The monoisotopic (exact) mass is 410 g/mol. The minimum Gasteiger partial charge on any atom is -0.299 e. The quantitative estimate of drug-likeness (QED) is 0.255. The first-order chi connectivity index (χ1) is 15.6. The van der Waals surface area contributed by atoms with Crippen molar-refractivity contribution in [2.75, 3.05) is 0 Å². The van der Waals surface area contributed by atoms with Gasteiger partial charge in [-0.2, -0.15) is 0 Å². The standard InChI is InChI=1S/C30H22N2/c1-30(2)25-12-6-5-10-23(25)28-20(11-7-13-26(28)30)19-14-15-27-24(18-19)21-8-3-4-9-22(21)29-31-16-17-32(27)29/h3-18H,1-2H3. The van der Waals surface area contributed by atoms with Crippen LogP contribution in [0, 0.1) is 0 Å². The van der Waals surface area contributed by atoms with Crippen LogP contribution in [-0.2, 0) is 5.41 Å². The normalized spacial score (nSPS) is 14.2. The van der Waals surface area contributed by atoms with Crippen LogP contribution in [0.1, 0.15) is 25.0 Å². The molecule has 32 heavy (non-hydrogen) atoms. The van der Waals surface area contributed by atoms with Gasteiger partial charge in [-0.1, -0.05) is 86.6 Å². The number of rotatable bonds is 1. The Hall–Kier alpha value is -3.91. The van der Waals surface area contributed by atoms with Crippen molar-refractivity contribution in [3.8, 4) is 22.3 Å². The lowest BCUT2D eigenvalue weighted by atomic mass is 9.82. The molecule has 0 N–H and O–H groups in total. The highest BCUT2D eigenvalue weighted by atomic mass is 15.0. The predicted molar refractivity (Wildman–Crippen MR) is 133 cm³/mol. The summed E-state index contributed by atoms with van der Waals surface area (Å²) in [6.07, 6.45) is 3.95. The number of benzene rings is 4. The van der Waals surface area contributed by atoms with Crippen LogP contribution < -0.4 is 0 Å². The molecule has 2 aromatic heterocycles. The number of fused-ring (bicyclic) bond motifs is 9. The Balaban J connectivity index is 1.58. The summed E-state index contributed by atoms with van der Waals surface area (Å²) >= 11 is 0. The van der Waals surface area contributed by atoms with Crippen molar-refractivity contribution in [1.29, 1.82) is 0 Å². The lowest BCUT2D eigenvalue weighted by Gasteiger charge is -2.21. The third-order valence-electron chi connectivity index (χ3n) is 7.27. The van der Waals surface area contributed by atoms with E-state index >= 15 is 0 Å². The zero-order chi connectivity index (χ0) is 21.4. The Morgan fingerprint density at radius 2 is 1.44 bits per heavy atom. The van der Waals surface area contributed by atoms with Crippen LogP contribution in [0.4, 0.5) is 0 Å². The van der Waals surface area contributed by atoms with E-state index in [1.54, 1.807) is 0 Å². The highest BCUT2D eigenvalue weighted by molar-refractivity contribution is 6.12. The average molecular weight is 411 g/mol. The Morgan fingerprint density at radius 3 is 2.34 bits per heavy atom. The second kappa shape index (κ2) is 6.08. The molecule has 0 saturated carbocycles. The molecule has 0 amide bonds. The molecule has 4 aromatic carbocycles. The molecule has 0 spiro atoms. The Morgan fingerprint density at radius 1 is 0.688 bits per heavy atom. The van der Waals surface area contributed by atoms with Crippen molar-refractivity contribution in [3.05, 3.63) is 108 Å². The highest BCUT2D eigenvalue weighted by Crippen LogP contribution is 2.52. The van der Waals surface area contributed by atoms with Crippen LogP contribution in [0.5, 0.6) is 0 Å². The molecule has 2 heteroatoms. The molecule has 1 aliphatic rings. The van der Waals surface area contributed by atoms with Crippen molar-refractivity contribution in [2.24, 2.45) is 0 Å². The maximum Gasteiger partial charge on any atom is 0.145 e. The molecule has 152 valence electrons. The van der Waals surface area contributed by atoms with E-state index in [1.807, 2.05) is 6.20 Å². The Bertz CT molecular complexity index is 1700. The number of aromatic nitrogens is 2. The fraction of sp³-hybridized carbons (Fsp3) is 0.100. The van der Waals surface area contributed by atoms with Crippen LogP contribution in [0.2, 0.25) is 0 Å². The first kappa shape index (κ1) is 17.7. The lowest BCUT2D eigenvalue weighted by molar-refractivity contribution is 0.660. The molecule has 0 bridgehead atoms. The average Bonchev–Trinajstić information content (AvgIpc) is 3.41. The third-order valence-corrected chi connectivity index (χ3v) is 7.27. The van der Waals surface area contributed by atoms with Gasteiger partial charge in [-0.15, -0.1) is 0 Å². The zero-order valence-electron chi connectivity index (χ0n) is 18.1. The van der Waals surface area contributed by atoms with Crippen molar-refractivity contribution >= 4 is 27.3 Å². The fourth-order valence-corrected chi connectivity index (χ4v) is 5.73. The second-order valence-electron chi connectivity index (χ2n) is 9.30. The molecule has 2 heterocycles. The van der Waals surface area contributed by atoms with Crippen molar-refractivity contribution in [2.45, 2.75) is 19.3 Å².